The molecular weight excluding hydrogens is 401 g/mol. The molecule has 2 aromatic rings. The molecule has 0 amide bonds. The van der Waals surface area contributed by atoms with Crippen molar-refractivity contribution in [3.8, 4) is 0 Å². The molecular formula is C18H24IN3O. The number of nitrogens with two attached hydrogens (primary N) is 1. The molecule has 0 radical (unpaired) electrons. The summed E-state index contributed by atoms with van der Waals surface area (Å²) in [6, 6.07) is 16.4. The molecule has 0 aliphatic rings. The van der Waals surface area contributed by atoms with Gasteiger partial charge in [-0.3, -0.25) is 0 Å². The molecule has 0 unspecified atom stereocenters. The highest BCUT2D eigenvalue weighted by molar-refractivity contribution is 14.0. The van der Waals surface area contributed by atoms with E-state index in [2.05, 4.69) is 35.4 Å². The first-order valence-corrected chi connectivity index (χ1v) is 7.44. The first-order chi connectivity index (χ1) is 10.7. The molecule has 0 atom stereocenters. The number of aryl methyl sites for hydroxylation is 1. The minimum absolute atomic E-state index is 0. The lowest BCUT2D eigenvalue weighted by Gasteiger charge is -2.07. The molecule has 0 heterocycles. The van der Waals surface area contributed by atoms with Gasteiger partial charge in [-0.15, -0.1) is 24.0 Å². The fourth-order valence-electron chi connectivity index (χ4n) is 2.17. The number of hydrogen-bond acceptors (Lipinski definition) is 2. The van der Waals surface area contributed by atoms with E-state index in [9.17, 15) is 0 Å². The van der Waals surface area contributed by atoms with Gasteiger partial charge in [-0.2, -0.15) is 0 Å². The molecule has 4 nitrogen and oxygen atoms in total. The smallest absolute Gasteiger partial charge is 0.193 e. The fourth-order valence-corrected chi connectivity index (χ4v) is 2.17. The average molecular weight is 425 g/mol. The van der Waals surface area contributed by atoms with Crippen molar-refractivity contribution in [2.75, 3.05) is 12.4 Å². The Labute approximate surface area is 155 Å². The van der Waals surface area contributed by atoms with Gasteiger partial charge in [0.1, 0.15) is 0 Å². The molecule has 0 aliphatic heterocycles. The monoisotopic (exact) mass is 425 g/mol. The summed E-state index contributed by atoms with van der Waals surface area (Å²) in [6.45, 7) is 3.29. The van der Waals surface area contributed by atoms with Gasteiger partial charge >= 0.3 is 0 Å². The highest BCUT2D eigenvalue weighted by Gasteiger charge is 1.98. The molecule has 3 N–H and O–H groups in total. The Hall–Kier alpha value is -1.60. The van der Waals surface area contributed by atoms with Crippen molar-refractivity contribution in [2.45, 2.75) is 26.5 Å². The van der Waals surface area contributed by atoms with Crippen molar-refractivity contribution in [3.63, 3.8) is 0 Å². The van der Waals surface area contributed by atoms with Gasteiger partial charge in [-0.05, 0) is 35.2 Å². The molecule has 124 valence electrons. The van der Waals surface area contributed by atoms with Gasteiger partial charge in [0.25, 0.3) is 0 Å². The van der Waals surface area contributed by atoms with Crippen molar-refractivity contribution < 1.29 is 4.74 Å². The van der Waals surface area contributed by atoms with Crippen molar-refractivity contribution >= 4 is 35.6 Å². The molecule has 0 aromatic heterocycles. The molecule has 0 spiro atoms. The van der Waals surface area contributed by atoms with Crippen LogP contribution < -0.4 is 11.1 Å². The lowest BCUT2D eigenvalue weighted by Crippen LogP contribution is -2.22. The van der Waals surface area contributed by atoms with Gasteiger partial charge in [0.2, 0.25) is 0 Å². The van der Waals surface area contributed by atoms with Crippen molar-refractivity contribution in [2.24, 2.45) is 10.7 Å². The number of anilines is 1. The quantitative estimate of drug-likeness (QED) is 0.419. The normalized spacial score (nSPS) is 11.0. The largest absolute Gasteiger partial charge is 0.380 e. The molecule has 2 rings (SSSR count). The van der Waals surface area contributed by atoms with E-state index in [4.69, 9.17) is 10.5 Å². The van der Waals surface area contributed by atoms with Gasteiger partial charge in [0, 0.05) is 12.8 Å². The summed E-state index contributed by atoms with van der Waals surface area (Å²) in [5, 5.41) is 3.11. The Morgan fingerprint density at radius 3 is 2.43 bits per heavy atom. The molecule has 0 saturated carbocycles. The van der Waals surface area contributed by atoms with Crippen LogP contribution in [0.5, 0.6) is 0 Å². The Kier molecular flexibility index (Phi) is 8.65. The topological polar surface area (TPSA) is 59.6 Å². The molecule has 23 heavy (non-hydrogen) atoms. The molecule has 0 aliphatic carbocycles. The lowest BCUT2D eigenvalue weighted by molar-refractivity contribution is 0.185. The van der Waals surface area contributed by atoms with Crippen LogP contribution in [0.2, 0.25) is 0 Å². The van der Waals surface area contributed by atoms with E-state index in [1.54, 1.807) is 7.11 Å². The second-order valence-electron chi connectivity index (χ2n) is 5.13. The van der Waals surface area contributed by atoms with E-state index in [-0.39, 0.29) is 24.0 Å². The van der Waals surface area contributed by atoms with Gasteiger partial charge in [-0.1, -0.05) is 43.3 Å². The Bertz CT molecular complexity index is 626. The maximum Gasteiger partial charge on any atom is 0.193 e. The summed E-state index contributed by atoms with van der Waals surface area (Å²) in [5.41, 5.74) is 10.4. The Morgan fingerprint density at radius 1 is 1.09 bits per heavy atom. The van der Waals surface area contributed by atoms with E-state index in [0.29, 0.717) is 19.1 Å². The van der Waals surface area contributed by atoms with Crippen LogP contribution in [0.1, 0.15) is 23.6 Å². The van der Waals surface area contributed by atoms with Crippen LogP contribution in [0.3, 0.4) is 0 Å². The number of guanidine groups is 1. The molecule has 0 fully saturated rings. The van der Waals surface area contributed by atoms with E-state index >= 15 is 0 Å². The zero-order valence-corrected chi connectivity index (χ0v) is 15.9. The number of ether oxygens (including phenoxy) is 1. The summed E-state index contributed by atoms with van der Waals surface area (Å²) >= 11 is 0. The van der Waals surface area contributed by atoms with Crippen molar-refractivity contribution in [1.29, 1.82) is 0 Å². The van der Waals surface area contributed by atoms with E-state index < -0.39 is 0 Å². The number of halogens is 1. The number of benzene rings is 2. The molecule has 2 aromatic carbocycles. The first kappa shape index (κ1) is 19.4. The zero-order valence-electron chi connectivity index (χ0n) is 13.6. The van der Waals surface area contributed by atoms with E-state index in [1.165, 1.54) is 5.56 Å². The Balaban J connectivity index is 0.00000264. The van der Waals surface area contributed by atoms with Crippen LogP contribution in [0.4, 0.5) is 5.69 Å². The summed E-state index contributed by atoms with van der Waals surface area (Å²) in [4.78, 5) is 4.38. The van der Waals surface area contributed by atoms with Crippen LogP contribution in [0.15, 0.2) is 53.5 Å². The van der Waals surface area contributed by atoms with Crippen LogP contribution in [-0.4, -0.2) is 13.1 Å². The maximum absolute atomic E-state index is 5.94. The van der Waals surface area contributed by atoms with Crippen LogP contribution in [0.25, 0.3) is 0 Å². The second kappa shape index (κ2) is 10.2. The Morgan fingerprint density at radius 2 is 1.78 bits per heavy atom. The number of nitrogens with zero attached hydrogens (tertiary/aromatic N) is 1. The number of aliphatic imine (C=N–C) groups is 1. The summed E-state index contributed by atoms with van der Waals surface area (Å²) < 4.78 is 5.13. The third-order valence-corrected chi connectivity index (χ3v) is 3.37. The van der Waals surface area contributed by atoms with E-state index in [1.807, 2.05) is 30.3 Å². The summed E-state index contributed by atoms with van der Waals surface area (Å²) in [5.74, 6) is 0.418. The lowest BCUT2D eigenvalue weighted by atomic mass is 10.1. The fraction of sp³-hybridized carbons (Fsp3) is 0.278. The van der Waals surface area contributed by atoms with Gasteiger partial charge in [0.05, 0.1) is 13.2 Å². The minimum atomic E-state index is 0. The molecule has 0 bridgehead atoms. The SMILES string of the molecule is CCc1ccc(NC(N)=NCc2cccc(COC)c2)cc1.I. The second-order valence-corrected chi connectivity index (χ2v) is 5.13. The first-order valence-electron chi connectivity index (χ1n) is 7.44. The number of rotatable bonds is 6. The predicted octanol–water partition coefficient (Wildman–Crippen LogP) is 3.94. The number of nitrogens with one attached hydrogen (secondary N) is 1. The number of hydrogen-bond donors (Lipinski definition) is 2. The number of methoxy groups -OCH3 is 1. The third-order valence-electron chi connectivity index (χ3n) is 3.37. The van der Waals surface area contributed by atoms with Crippen molar-refractivity contribution in [1.82, 2.24) is 0 Å². The highest BCUT2D eigenvalue weighted by Crippen LogP contribution is 2.10. The van der Waals surface area contributed by atoms with Gasteiger partial charge < -0.3 is 15.8 Å². The van der Waals surface area contributed by atoms with Gasteiger partial charge in [-0.25, -0.2) is 4.99 Å². The summed E-state index contributed by atoms with van der Waals surface area (Å²) in [6.07, 6.45) is 1.03. The van der Waals surface area contributed by atoms with Crippen LogP contribution in [0, 0.1) is 0 Å². The standard InChI is InChI=1S/C18H23N3O.HI/c1-3-14-7-9-17(10-8-14)21-18(19)20-12-15-5-4-6-16(11-15)13-22-2;/h4-11H,3,12-13H2,1-2H3,(H3,19,20,21);1H. The average Bonchev–Trinajstić information content (AvgIpc) is 2.54. The maximum atomic E-state index is 5.94. The van der Waals surface area contributed by atoms with E-state index in [0.717, 1.165) is 23.2 Å². The molecule has 5 heteroatoms. The van der Waals surface area contributed by atoms with Crippen LogP contribution >= 0.6 is 24.0 Å². The minimum Gasteiger partial charge on any atom is -0.380 e. The summed E-state index contributed by atoms with van der Waals surface area (Å²) in [7, 11) is 1.69. The highest BCUT2D eigenvalue weighted by atomic mass is 127. The molecule has 0 saturated heterocycles. The predicted molar refractivity (Wildman–Crippen MR) is 107 cm³/mol. The zero-order chi connectivity index (χ0) is 15.8. The van der Waals surface area contributed by atoms with Crippen LogP contribution in [-0.2, 0) is 24.3 Å². The third kappa shape index (κ3) is 6.58. The van der Waals surface area contributed by atoms with Gasteiger partial charge in [0.15, 0.2) is 5.96 Å². The van der Waals surface area contributed by atoms with Crippen molar-refractivity contribution in [3.05, 3.63) is 65.2 Å².